The first-order valence-electron chi connectivity index (χ1n) is 8.94. The Labute approximate surface area is 180 Å². The Balaban J connectivity index is 3.03. The zero-order chi connectivity index (χ0) is 24.1. The molecule has 31 heavy (non-hydrogen) atoms. The molecule has 6 atom stereocenters. The van der Waals surface area contributed by atoms with Gasteiger partial charge in [0.15, 0.2) is 39.7 Å². The maximum Gasteiger partial charge on any atom is 0.251 e. The average Bonchev–Trinajstić information content (AvgIpc) is 2.65. The normalized spacial score (nSPS) is 34.1. The molecule has 1 saturated heterocycles. The molecule has 13 heteroatoms. The molecule has 0 spiro atoms. The summed E-state index contributed by atoms with van der Waals surface area (Å²) in [6, 6.07) is 0.911. The number of carbonyl (C=O) groups excluding carboxylic acids is 4. The van der Waals surface area contributed by atoms with Crippen molar-refractivity contribution in [3.63, 3.8) is 0 Å². The summed E-state index contributed by atoms with van der Waals surface area (Å²) >= 11 is 4.99. The fourth-order valence-corrected chi connectivity index (χ4v) is 4.08. The molecule has 12 nitrogen and oxygen atoms in total. The van der Waals surface area contributed by atoms with Crippen LogP contribution in [0.1, 0.15) is 33.9 Å². The van der Waals surface area contributed by atoms with E-state index in [2.05, 4.69) is 4.98 Å². The molecule has 1 aromatic rings. The number of aliphatic hydroxyl groups excluding tert-OH is 1. The third-order valence-corrected chi connectivity index (χ3v) is 5.85. The molecule has 2 rings (SSSR count). The van der Waals surface area contributed by atoms with Crippen LogP contribution in [0.4, 0.5) is 0 Å². The summed E-state index contributed by atoms with van der Waals surface area (Å²) in [6.07, 6.45) is -5.78. The van der Waals surface area contributed by atoms with Gasteiger partial charge >= 0.3 is 0 Å². The number of ether oxygens (including phenoxy) is 1. The molecule has 1 fully saturated rings. The van der Waals surface area contributed by atoms with Crippen molar-refractivity contribution < 1.29 is 44.3 Å². The lowest BCUT2D eigenvalue weighted by molar-refractivity contribution is -0.342. The molecule has 0 saturated carbocycles. The number of hydrogen-bond donors (Lipinski definition) is 5. The number of carbonyl (C=O) groups is 4. The van der Waals surface area contributed by atoms with E-state index in [0.29, 0.717) is 13.8 Å². The standard InChI is InChI=1S/C18H22N2O10S/c1-7(21)12(26)13-16(27,8(2)22)18(29,10(4)24)17(28,9(3)23)14(30-13)20-6-5-11(25)19-15(20)31/h5-6,12-14,26-29H,1-4H3,(H,19,25,31)/t12?,13-,14-,16-,17+,18+/m1/s1. The second kappa shape index (κ2) is 7.93. The predicted molar refractivity (Wildman–Crippen MR) is 103 cm³/mol. The molecule has 1 unspecified atom stereocenters. The number of ketones is 4. The second-order valence-corrected chi connectivity index (χ2v) is 7.78. The number of aliphatic hydroxyl groups is 4. The van der Waals surface area contributed by atoms with Gasteiger partial charge in [0.05, 0.1) is 0 Å². The van der Waals surface area contributed by atoms with Crippen molar-refractivity contribution in [3.05, 3.63) is 27.4 Å². The Hall–Kier alpha value is -2.42. The van der Waals surface area contributed by atoms with Gasteiger partial charge in [-0.1, -0.05) is 0 Å². The first-order chi connectivity index (χ1) is 14.1. The Bertz CT molecular complexity index is 1080. The van der Waals surface area contributed by atoms with Crippen LogP contribution in [-0.4, -0.2) is 82.1 Å². The van der Waals surface area contributed by atoms with Gasteiger partial charge < -0.3 is 25.2 Å². The first kappa shape index (κ1) is 24.8. The van der Waals surface area contributed by atoms with Crippen molar-refractivity contribution >= 4 is 35.4 Å². The molecule has 5 N–H and O–H groups in total. The minimum Gasteiger partial charge on any atom is -0.382 e. The number of nitrogens with zero attached hydrogens (tertiary/aromatic N) is 1. The van der Waals surface area contributed by atoms with Gasteiger partial charge in [0.1, 0.15) is 12.2 Å². The van der Waals surface area contributed by atoms with Crippen molar-refractivity contribution in [1.29, 1.82) is 0 Å². The number of aromatic amines is 1. The Morgan fingerprint density at radius 3 is 1.97 bits per heavy atom. The molecule has 0 aliphatic carbocycles. The van der Waals surface area contributed by atoms with E-state index < -0.39 is 68.7 Å². The predicted octanol–water partition coefficient (Wildman–Crippen LogP) is -2.29. The molecule has 0 amide bonds. The van der Waals surface area contributed by atoms with E-state index in [1.54, 1.807) is 0 Å². The molecule has 2 heterocycles. The van der Waals surface area contributed by atoms with E-state index in [0.717, 1.165) is 30.7 Å². The van der Waals surface area contributed by atoms with Crippen LogP contribution in [0, 0.1) is 4.77 Å². The number of Topliss-reactive ketones (excluding diaryl/α,β-unsaturated/α-hetero) is 4. The number of hydrogen-bond acceptors (Lipinski definition) is 11. The summed E-state index contributed by atoms with van der Waals surface area (Å²) < 4.78 is 5.80. The van der Waals surface area contributed by atoms with E-state index in [1.165, 1.54) is 0 Å². The summed E-state index contributed by atoms with van der Waals surface area (Å²) in [7, 11) is 0. The minimum absolute atomic E-state index is 0.438. The monoisotopic (exact) mass is 458 g/mol. The van der Waals surface area contributed by atoms with Crippen molar-refractivity contribution in [1.82, 2.24) is 9.55 Å². The molecule has 1 aliphatic heterocycles. The van der Waals surface area contributed by atoms with Crippen molar-refractivity contribution in [3.8, 4) is 0 Å². The van der Waals surface area contributed by atoms with Crippen LogP contribution in [0.15, 0.2) is 17.1 Å². The highest BCUT2D eigenvalue weighted by Gasteiger charge is 2.79. The topological polar surface area (TPSA) is 196 Å². The lowest BCUT2D eigenvalue weighted by atomic mass is 9.59. The van der Waals surface area contributed by atoms with Crippen LogP contribution < -0.4 is 5.56 Å². The van der Waals surface area contributed by atoms with Gasteiger partial charge in [-0.15, -0.1) is 0 Å². The lowest BCUT2D eigenvalue weighted by Gasteiger charge is -2.58. The van der Waals surface area contributed by atoms with Crippen LogP contribution in [0.5, 0.6) is 0 Å². The van der Waals surface area contributed by atoms with E-state index in [4.69, 9.17) is 17.0 Å². The zero-order valence-electron chi connectivity index (χ0n) is 17.0. The summed E-state index contributed by atoms with van der Waals surface area (Å²) in [4.78, 5) is 63.3. The van der Waals surface area contributed by atoms with Crippen molar-refractivity contribution in [2.45, 2.75) is 62.9 Å². The quantitative estimate of drug-likeness (QED) is 0.288. The van der Waals surface area contributed by atoms with Crippen molar-refractivity contribution in [2.75, 3.05) is 0 Å². The molecule has 1 aliphatic rings. The number of H-pyrrole nitrogens is 1. The van der Waals surface area contributed by atoms with Crippen LogP contribution in [0.3, 0.4) is 0 Å². The van der Waals surface area contributed by atoms with Crippen LogP contribution in [-0.2, 0) is 23.9 Å². The molecule has 0 bridgehead atoms. The van der Waals surface area contributed by atoms with Gasteiger partial charge in [0.2, 0.25) is 11.2 Å². The largest absolute Gasteiger partial charge is 0.382 e. The SMILES string of the molecule is CC(=O)C(O)[C@H]1O[C@@H](n2ccc(=O)[nH]c2=S)[C@@](O)(C(C)=O)[C@](O)(C(C)=O)[C@@]1(O)C(C)=O. The van der Waals surface area contributed by atoms with E-state index in [9.17, 15) is 44.4 Å². The van der Waals surface area contributed by atoms with Gasteiger partial charge in [-0.3, -0.25) is 33.5 Å². The van der Waals surface area contributed by atoms with Gasteiger partial charge in [0.25, 0.3) is 5.56 Å². The molecular formula is C18H22N2O10S. The number of rotatable bonds is 6. The van der Waals surface area contributed by atoms with Crippen molar-refractivity contribution in [2.24, 2.45) is 0 Å². The zero-order valence-corrected chi connectivity index (χ0v) is 17.8. The summed E-state index contributed by atoms with van der Waals surface area (Å²) in [5.74, 6) is -5.15. The maximum atomic E-state index is 12.6. The third kappa shape index (κ3) is 3.24. The fourth-order valence-electron chi connectivity index (χ4n) is 3.83. The lowest BCUT2D eigenvalue weighted by Crippen LogP contribution is -2.85. The smallest absolute Gasteiger partial charge is 0.251 e. The van der Waals surface area contributed by atoms with Crippen LogP contribution >= 0.6 is 12.2 Å². The average molecular weight is 458 g/mol. The highest BCUT2D eigenvalue weighted by atomic mass is 32.1. The van der Waals surface area contributed by atoms with E-state index in [1.807, 2.05) is 0 Å². The molecule has 1 aromatic heterocycles. The summed E-state index contributed by atoms with van der Waals surface area (Å²) in [5.41, 5.74) is -11.0. The second-order valence-electron chi connectivity index (χ2n) is 7.39. The van der Waals surface area contributed by atoms with Gasteiger partial charge in [-0.05, 0) is 39.9 Å². The Morgan fingerprint density at radius 2 is 1.58 bits per heavy atom. The fraction of sp³-hybridized carbons (Fsp3) is 0.556. The summed E-state index contributed by atoms with van der Waals surface area (Å²) in [5, 5.41) is 44.4. The van der Waals surface area contributed by atoms with E-state index in [-0.39, 0.29) is 0 Å². The highest BCUT2D eigenvalue weighted by molar-refractivity contribution is 7.71. The third-order valence-electron chi connectivity index (χ3n) is 5.54. The molecule has 170 valence electrons. The maximum absolute atomic E-state index is 12.6. The number of aromatic nitrogens is 2. The first-order valence-corrected chi connectivity index (χ1v) is 9.34. The van der Waals surface area contributed by atoms with Gasteiger partial charge in [-0.25, -0.2) is 0 Å². The van der Waals surface area contributed by atoms with E-state index >= 15 is 0 Å². The minimum atomic E-state index is -3.59. The highest BCUT2D eigenvalue weighted by Crippen LogP contribution is 2.51. The van der Waals surface area contributed by atoms with Crippen LogP contribution in [0.2, 0.25) is 0 Å². The molecule has 0 radical (unpaired) electrons. The Morgan fingerprint density at radius 1 is 1.06 bits per heavy atom. The van der Waals surface area contributed by atoms with Gasteiger partial charge in [0, 0.05) is 12.3 Å². The molecular weight excluding hydrogens is 436 g/mol. The molecule has 0 aromatic carbocycles. The summed E-state index contributed by atoms with van der Waals surface area (Å²) in [6.45, 7) is 3.03. The van der Waals surface area contributed by atoms with Gasteiger partial charge in [-0.2, -0.15) is 0 Å². The van der Waals surface area contributed by atoms with Crippen LogP contribution in [0.25, 0.3) is 0 Å². The number of nitrogens with one attached hydrogen (secondary N) is 1. The Kier molecular flexibility index (Phi) is 6.35.